The van der Waals surface area contributed by atoms with Gasteiger partial charge in [-0.15, -0.1) is 24.8 Å². The number of hydrogen-bond donors (Lipinski definition) is 1. The molecule has 2 fully saturated rings. The molecule has 1 saturated heterocycles. The summed E-state index contributed by atoms with van der Waals surface area (Å²) in [6.07, 6.45) is 6.45. The second kappa shape index (κ2) is 10.0. The van der Waals surface area contributed by atoms with Gasteiger partial charge in [0.1, 0.15) is 5.82 Å². The fraction of sp³-hybridized carbons (Fsp3) is 0.647. The minimum absolute atomic E-state index is 0. The molecular weight excluding hydrogens is 358 g/mol. The van der Waals surface area contributed by atoms with Gasteiger partial charge in [-0.25, -0.2) is 4.39 Å². The van der Waals surface area contributed by atoms with Crippen molar-refractivity contribution in [2.75, 3.05) is 26.2 Å². The highest BCUT2D eigenvalue weighted by Gasteiger charge is 2.31. The van der Waals surface area contributed by atoms with Gasteiger partial charge in [-0.05, 0) is 42.5 Å². The Bertz CT molecular complexity index is 437. The quantitative estimate of drug-likeness (QED) is 0.802. The van der Waals surface area contributed by atoms with Crippen LogP contribution < -0.4 is 5.32 Å². The van der Waals surface area contributed by atoms with E-state index in [2.05, 4.69) is 10.2 Å². The maximum atomic E-state index is 13.8. The standard InChI is InChI=1S/C17H24ClFN2.2ClH/c18-15-10-14(11-16(19)12-15)17(13-4-2-1-3-5-13)21-8-6-20-7-9-21;;/h10-13,17,20H,1-9H2;2*1H/t17-;;/m0../s1. The maximum Gasteiger partial charge on any atom is 0.125 e. The Hall–Kier alpha value is -0.0600. The first kappa shape index (κ1) is 21.0. The Morgan fingerprint density at radius 2 is 1.70 bits per heavy atom. The first-order chi connectivity index (χ1) is 10.2. The number of rotatable bonds is 3. The zero-order valence-electron chi connectivity index (χ0n) is 13.3. The smallest absolute Gasteiger partial charge is 0.125 e. The lowest BCUT2D eigenvalue weighted by Crippen LogP contribution is -2.47. The van der Waals surface area contributed by atoms with Crippen LogP contribution in [0.4, 0.5) is 4.39 Å². The van der Waals surface area contributed by atoms with Gasteiger partial charge in [-0.1, -0.05) is 30.9 Å². The van der Waals surface area contributed by atoms with Crippen molar-refractivity contribution >= 4 is 36.4 Å². The Balaban J connectivity index is 0.00000132. The molecule has 3 rings (SSSR count). The highest BCUT2D eigenvalue weighted by molar-refractivity contribution is 6.30. The summed E-state index contributed by atoms with van der Waals surface area (Å²) < 4.78 is 13.8. The van der Waals surface area contributed by atoms with Crippen LogP contribution >= 0.6 is 36.4 Å². The molecule has 1 aliphatic carbocycles. The molecule has 0 bridgehead atoms. The fourth-order valence-corrected chi connectivity index (χ4v) is 4.17. The number of nitrogens with one attached hydrogen (secondary N) is 1. The average Bonchev–Trinajstić information content (AvgIpc) is 2.49. The number of piperazine rings is 1. The van der Waals surface area contributed by atoms with Gasteiger partial charge in [0, 0.05) is 37.2 Å². The van der Waals surface area contributed by atoms with E-state index in [1.54, 1.807) is 6.07 Å². The van der Waals surface area contributed by atoms with E-state index in [9.17, 15) is 4.39 Å². The monoisotopic (exact) mass is 382 g/mol. The molecule has 6 heteroatoms. The number of halogens is 4. The van der Waals surface area contributed by atoms with Crippen LogP contribution in [0.15, 0.2) is 18.2 Å². The van der Waals surface area contributed by atoms with Crippen LogP contribution in [0.5, 0.6) is 0 Å². The molecule has 0 aromatic heterocycles. The molecule has 1 saturated carbocycles. The SMILES string of the molecule is Cl.Cl.Fc1cc(Cl)cc([C@H](C2CCCCC2)N2CCNCC2)c1. The van der Waals surface area contributed by atoms with Crippen molar-refractivity contribution in [2.45, 2.75) is 38.1 Å². The Morgan fingerprint density at radius 1 is 1.04 bits per heavy atom. The molecule has 1 aliphatic heterocycles. The first-order valence-corrected chi connectivity index (χ1v) is 8.52. The van der Waals surface area contributed by atoms with Crippen molar-refractivity contribution in [3.63, 3.8) is 0 Å². The Morgan fingerprint density at radius 3 is 2.30 bits per heavy atom. The molecule has 1 N–H and O–H groups in total. The van der Waals surface area contributed by atoms with E-state index in [1.807, 2.05) is 6.07 Å². The van der Waals surface area contributed by atoms with Crippen molar-refractivity contribution in [3.05, 3.63) is 34.6 Å². The lowest BCUT2D eigenvalue weighted by Gasteiger charge is -2.41. The third-order valence-electron chi connectivity index (χ3n) is 4.87. The third-order valence-corrected chi connectivity index (χ3v) is 5.09. The molecule has 0 unspecified atom stereocenters. The number of nitrogens with zero attached hydrogens (tertiary/aromatic N) is 1. The molecule has 2 aliphatic rings. The lowest BCUT2D eigenvalue weighted by atomic mass is 9.80. The zero-order valence-corrected chi connectivity index (χ0v) is 15.7. The van der Waals surface area contributed by atoms with E-state index in [1.165, 1.54) is 38.2 Å². The van der Waals surface area contributed by atoms with Gasteiger partial charge < -0.3 is 5.32 Å². The second-order valence-electron chi connectivity index (χ2n) is 6.33. The highest BCUT2D eigenvalue weighted by atomic mass is 35.5. The van der Waals surface area contributed by atoms with E-state index in [4.69, 9.17) is 11.6 Å². The number of hydrogen-bond acceptors (Lipinski definition) is 2. The third kappa shape index (κ3) is 5.47. The average molecular weight is 384 g/mol. The minimum Gasteiger partial charge on any atom is -0.314 e. The van der Waals surface area contributed by atoms with Gasteiger partial charge in [0.05, 0.1) is 0 Å². The molecule has 2 nitrogen and oxygen atoms in total. The van der Waals surface area contributed by atoms with E-state index < -0.39 is 0 Å². The topological polar surface area (TPSA) is 15.3 Å². The lowest BCUT2D eigenvalue weighted by molar-refractivity contribution is 0.103. The summed E-state index contributed by atoms with van der Waals surface area (Å²) in [5.74, 6) is 0.420. The summed E-state index contributed by atoms with van der Waals surface area (Å²) in [4.78, 5) is 2.53. The van der Waals surface area contributed by atoms with Crippen LogP contribution in [0.2, 0.25) is 5.02 Å². The molecule has 0 spiro atoms. The van der Waals surface area contributed by atoms with Crippen LogP contribution in [0.1, 0.15) is 43.7 Å². The Labute approximate surface area is 156 Å². The van der Waals surface area contributed by atoms with Crippen molar-refractivity contribution in [2.24, 2.45) is 5.92 Å². The molecule has 23 heavy (non-hydrogen) atoms. The van der Waals surface area contributed by atoms with Gasteiger partial charge >= 0.3 is 0 Å². The van der Waals surface area contributed by atoms with Crippen molar-refractivity contribution in [3.8, 4) is 0 Å². The van der Waals surface area contributed by atoms with Crippen LogP contribution in [0, 0.1) is 11.7 Å². The molecule has 0 radical (unpaired) electrons. The van der Waals surface area contributed by atoms with Gasteiger partial charge in [0.2, 0.25) is 0 Å². The van der Waals surface area contributed by atoms with E-state index in [0.29, 0.717) is 17.0 Å². The second-order valence-corrected chi connectivity index (χ2v) is 6.77. The molecule has 1 aromatic rings. The predicted molar refractivity (Wildman–Crippen MR) is 99.7 cm³/mol. The molecular formula is C17H26Cl3FN2. The van der Waals surface area contributed by atoms with E-state index >= 15 is 0 Å². The Kier molecular flexibility index (Phi) is 9.17. The van der Waals surface area contributed by atoms with Crippen LogP contribution in [0.25, 0.3) is 0 Å². The first-order valence-electron chi connectivity index (χ1n) is 8.15. The van der Waals surface area contributed by atoms with E-state index in [-0.39, 0.29) is 30.6 Å². The summed E-state index contributed by atoms with van der Waals surface area (Å²) in [5, 5.41) is 3.92. The van der Waals surface area contributed by atoms with Crippen molar-refractivity contribution < 1.29 is 4.39 Å². The van der Waals surface area contributed by atoms with Gasteiger partial charge in [0.25, 0.3) is 0 Å². The molecule has 1 aromatic carbocycles. The van der Waals surface area contributed by atoms with Crippen LogP contribution in [-0.4, -0.2) is 31.1 Å². The normalized spacial score (nSPS) is 21.1. The van der Waals surface area contributed by atoms with Crippen LogP contribution in [-0.2, 0) is 0 Å². The molecule has 1 atom stereocenters. The molecule has 132 valence electrons. The van der Waals surface area contributed by atoms with Gasteiger partial charge in [0.15, 0.2) is 0 Å². The zero-order chi connectivity index (χ0) is 14.7. The summed E-state index contributed by atoms with van der Waals surface area (Å²) in [7, 11) is 0. The summed E-state index contributed by atoms with van der Waals surface area (Å²) in [6, 6.07) is 5.38. The largest absolute Gasteiger partial charge is 0.314 e. The minimum atomic E-state index is -0.214. The van der Waals surface area contributed by atoms with Crippen LogP contribution in [0.3, 0.4) is 0 Å². The predicted octanol–water partition coefficient (Wildman–Crippen LogP) is 4.85. The summed E-state index contributed by atoms with van der Waals surface area (Å²) in [6.45, 7) is 4.11. The fourth-order valence-electron chi connectivity index (χ4n) is 3.94. The summed E-state index contributed by atoms with van der Waals surface area (Å²) >= 11 is 6.10. The maximum absolute atomic E-state index is 13.8. The van der Waals surface area contributed by atoms with Crippen molar-refractivity contribution in [1.29, 1.82) is 0 Å². The molecule has 1 heterocycles. The summed E-state index contributed by atoms with van der Waals surface area (Å²) in [5.41, 5.74) is 1.06. The number of benzene rings is 1. The van der Waals surface area contributed by atoms with Gasteiger partial charge in [-0.3, -0.25) is 4.90 Å². The highest BCUT2D eigenvalue weighted by Crippen LogP contribution is 2.39. The van der Waals surface area contributed by atoms with Crippen molar-refractivity contribution in [1.82, 2.24) is 10.2 Å². The molecule has 0 amide bonds. The van der Waals surface area contributed by atoms with Gasteiger partial charge in [-0.2, -0.15) is 0 Å². The van der Waals surface area contributed by atoms with E-state index in [0.717, 1.165) is 31.7 Å².